The van der Waals surface area contributed by atoms with Crippen molar-refractivity contribution >= 4 is 49.4 Å². The standard InChI is InChI=1S/C47H29N5/c1-48-35-23-21-32(22-24-35)42-30-34(29-41(50-42)31-12-4-2-5-13-31)33-14-10-17-37(28-33)52-46-38(39-19-11-27-49-47(39)52)25-26-44-45(46)40-18-8-9-20-43(40)51(44)36-15-6-3-7-16-36/h2-30H. The molecule has 4 heterocycles. The molecule has 0 aliphatic carbocycles. The molecular weight excluding hydrogens is 635 g/mol. The highest BCUT2D eigenvalue weighted by Gasteiger charge is 2.21. The fourth-order valence-electron chi connectivity index (χ4n) is 7.62. The molecule has 0 bridgehead atoms. The van der Waals surface area contributed by atoms with Gasteiger partial charge < -0.3 is 4.57 Å². The molecule has 5 nitrogen and oxygen atoms in total. The predicted octanol–water partition coefficient (Wildman–Crippen LogP) is 12.2. The van der Waals surface area contributed by atoms with E-state index in [-0.39, 0.29) is 0 Å². The molecule has 0 spiro atoms. The SMILES string of the molecule is [C-]#[N+]c1ccc(-c2cc(-c3cccc(-n4c5ncccc5c5ccc6c(c7ccccc7n6-c6ccccc6)c54)c3)cc(-c3ccccc3)n2)cc1. The van der Waals surface area contributed by atoms with Crippen LogP contribution < -0.4 is 0 Å². The van der Waals surface area contributed by atoms with Crippen LogP contribution >= 0.6 is 0 Å². The van der Waals surface area contributed by atoms with Gasteiger partial charge in [-0.3, -0.25) is 4.57 Å². The molecule has 0 atom stereocenters. The number of benzene rings is 6. The summed E-state index contributed by atoms with van der Waals surface area (Å²) in [7, 11) is 0. The summed E-state index contributed by atoms with van der Waals surface area (Å²) in [5.74, 6) is 0. The van der Waals surface area contributed by atoms with E-state index < -0.39 is 0 Å². The number of hydrogen-bond acceptors (Lipinski definition) is 2. The summed E-state index contributed by atoms with van der Waals surface area (Å²) in [6.45, 7) is 7.42. The first kappa shape index (κ1) is 29.6. The molecule has 52 heavy (non-hydrogen) atoms. The Balaban J connectivity index is 1.24. The Morgan fingerprint density at radius 1 is 0.462 bits per heavy atom. The summed E-state index contributed by atoms with van der Waals surface area (Å²) < 4.78 is 4.70. The minimum atomic E-state index is 0.608. The Morgan fingerprint density at radius 2 is 1.13 bits per heavy atom. The zero-order chi connectivity index (χ0) is 34.6. The molecule has 0 aliphatic heterocycles. The number of fused-ring (bicyclic) bond motifs is 7. The molecule has 0 N–H and O–H groups in total. The van der Waals surface area contributed by atoms with Crippen LogP contribution in [0, 0.1) is 6.57 Å². The zero-order valence-electron chi connectivity index (χ0n) is 28.0. The molecular formula is C47H29N5. The third-order valence-electron chi connectivity index (χ3n) is 9.96. The van der Waals surface area contributed by atoms with Gasteiger partial charge in [0.15, 0.2) is 5.69 Å². The minimum absolute atomic E-state index is 0.608. The van der Waals surface area contributed by atoms with Gasteiger partial charge in [-0.25, -0.2) is 14.8 Å². The molecule has 0 radical (unpaired) electrons. The Kier molecular flexibility index (Phi) is 6.80. The highest BCUT2D eigenvalue weighted by Crippen LogP contribution is 2.42. The summed E-state index contributed by atoms with van der Waals surface area (Å²) in [5, 5.41) is 4.67. The lowest BCUT2D eigenvalue weighted by atomic mass is 9.99. The van der Waals surface area contributed by atoms with Gasteiger partial charge in [-0.1, -0.05) is 109 Å². The Hall–Kier alpha value is -7.29. The van der Waals surface area contributed by atoms with Crippen LogP contribution in [0.2, 0.25) is 0 Å². The van der Waals surface area contributed by atoms with Crippen LogP contribution in [-0.2, 0) is 0 Å². The van der Waals surface area contributed by atoms with E-state index >= 15 is 0 Å². The van der Waals surface area contributed by atoms with Crippen molar-refractivity contribution in [1.82, 2.24) is 19.1 Å². The summed E-state index contributed by atoms with van der Waals surface area (Å²) >= 11 is 0. The molecule has 0 unspecified atom stereocenters. The van der Waals surface area contributed by atoms with Gasteiger partial charge >= 0.3 is 0 Å². The molecule has 0 fully saturated rings. The predicted molar refractivity (Wildman–Crippen MR) is 213 cm³/mol. The Morgan fingerprint density at radius 3 is 1.92 bits per heavy atom. The molecule has 10 rings (SSSR count). The van der Waals surface area contributed by atoms with Crippen molar-refractivity contribution in [3.8, 4) is 45.0 Å². The number of pyridine rings is 2. The van der Waals surface area contributed by atoms with E-state index in [1.54, 1.807) is 0 Å². The van der Waals surface area contributed by atoms with Crippen molar-refractivity contribution in [1.29, 1.82) is 0 Å². The number of hydrogen-bond donors (Lipinski definition) is 0. The largest absolute Gasteiger partial charge is 0.309 e. The highest BCUT2D eigenvalue weighted by atomic mass is 15.1. The molecule has 6 aromatic carbocycles. The second-order valence-electron chi connectivity index (χ2n) is 13.0. The van der Waals surface area contributed by atoms with Crippen molar-refractivity contribution in [2.24, 2.45) is 0 Å². The third kappa shape index (κ3) is 4.70. The van der Waals surface area contributed by atoms with Crippen molar-refractivity contribution in [2.45, 2.75) is 0 Å². The van der Waals surface area contributed by atoms with Crippen LogP contribution in [0.4, 0.5) is 5.69 Å². The summed E-state index contributed by atoms with van der Waals surface area (Å²) in [6.07, 6.45) is 1.88. The van der Waals surface area contributed by atoms with Crippen LogP contribution in [-0.4, -0.2) is 19.1 Å². The molecule has 4 aromatic heterocycles. The average Bonchev–Trinajstić information content (AvgIpc) is 3.74. The summed E-state index contributed by atoms with van der Waals surface area (Å²) in [6, 6.07) is 59.0. The monoisotopic (exact) mass is 663 g/mol. The molecule has 0 aliphatic rings. The topological polar surface area (TPSA) is 40.0 Å². The quantitative estimate of drug-likeness (QED) is 0.172. The summed E-state index contributed by atoms with van der Waals surface area (Å²) in [5.41, 5.74) is 13.0. The van der Waals surface area contributed by atoms with Crippen LogP contribution in [0.15, 0.2) is 176 Å². The van der Waals surface area contributed by atoms with E-state index in [4.69, 9.17) is 16.5 Å². The maximum Gasteiger partial charge on any atom is 0.187 e. The van der Waals surface area contributed by atoms with Gasteiger partial charge in [0.2, 0.25) is 0 Å². The van der Waals surface area contributed by atoms with Crippen molar-refractivity contribution in [3.05, 3.63) is 187 Å². The Labute approximate surface area is 300 Å². The number of para-hydroxylation sites is 2. The van der Waals surface area contributed by atoms with Crippen LogP contribution in [0.25, 0.3) is 93.6 Å². The molecule has 242 valence electrons. The van der Waals surface area contributed by atoms with E-state index in [0.29, 0.717) is 5.69 Å². The number of nitrogens with zero attached hydrogens (tertiary/aromatic N) is 5. The lowest BCUT2D eigenvalue weighted by Gasteiger charge is -2.13. The average molecular weight is 664 g/mol. The summed E-state index contributed by atoms with van der Waals surface area (Å²) in [4.78, 5) is 13.7. The minimum Gasteiger partial charge on any atom is -0.309 e. The molecule has 5 heteroatoms. The Bertz CT molecular complexity index is 3000. The normalized spacial score (nSPS) is 11.4. The van der Waals surface area contributed by atoms with E-state index in [9.17, 15) is 0 Å². The third-order valence-corrected chi connectivity index (χ3v) is 9.96. The zero-order valence-corrected chi connectivity index (χ0v) is 28.0. The lowest BCUT2D eigenvalue weighted by molar-refractivity contribution is 1.14. The first-order chi connectivity index (χ1) is 25.7. The van der Waals surface area contributed by atoms with Gasteiger partial charge in [0.05, 0.1) is 34.5 Å². The van der Waals surface area contributed by atoms with Crippen LogP contribution in [0.5, 0.6) is 0 Å². The molecule has 10 aromatic rings. The molecule has 0 saturated carbocycles. The van der Waals surface area contributed by atoms with E-state index in [1.807, 2.05) is 54.7 Å². The second-order valence-corrected chi connectivity index (χ2v) is 13.0. The fourth-order valence-corrected chi connectivity index (χ4v) is 7.62. The van der Waals surface area contributed by atoms with Gasteiger partial charge in [-0.05, 0) is 77.4 Å². The van der Waals surface area contributed by atoms with Crippen LogP contribution in [0.3, 0.4) is 0 Å². The van der Waals surface area contributed by atoms with Crippen molar-refractivity contribution in [2.75, 3.05) is 0 Å². The first-order valence-corrected chi connectivity index (χ1v) is 17.3. The van der Waals surface area contributed by atoms with E-state index in [2.05, 4.69) is 135 Å². The first-order valence-electron chi connectivity index (χ1n) is 17.3. The maximum absolute atomic E-state index is 7.42. The highest BCUT2D eigenvalue weighted by molar-refractivity contribution is 6.25. The van der Waals surface area contributed by atoms with E-state index in [0.717, 1.165) is 78.0 Å². The van der Waals surface area contributed by atoms with Gasteiger partial charge in [0.1, 0.15) is 5.65 Å². The number of aromatic nitrogens is 4. The fraction of sp³-hybridized carbons (Fsp3) is 0. The van der Waals surface area contributed by atoms with Gasteiger partial charge in [0.25, 0.3) is 0 Å². The second kappa shape index (κ2) is 11.9. The van der Waals surface area contributed by atoms with Crippen molar-refractivity contribution < 1.29 is 0 Å². The van der Waals surface area contributed by atoms with Gasteiger partial charge in [-0.2, -0.15) is 0 Å². The number of rotatable bonds is 5. The lowest BCUT2D eigenvalue weighted by Crippen LogP contribution is -1.97. The van der Waals surface area contributed by atoms with E-state index in [1.165, 1.54) is 10.8 Å². The van der Waals surface area contributed by atoms with Crippen LogP contribution in [0.1, 0.15) is 0 Å². The maximum atomic E-state index is 7.42. The van der Waals surface area contributed by atoms with Gasteiger partial charge in [0, 0.05) is 44.7 Å². The molecule has 0 saturated heterocycles. The van der Waals surface area contributed by atoms with Crippen molar-refractivity contribution in [3.63, 3.8) is 0 Å². The molecule has 0 amide bonds. The smallest absolute Gasteiger partial charge is 0.187 e. The van der Waals surface area contributed by atoms with Gasteiger partial charge in [-0.15, -0.1) is 0 Å².